The molecular weight excluding hydrogens is 571 g/mol. The Labute approximate surface area is 254 Å². The number of phenolic OH excluding ortho intramolecular Hbond substituents is 1. The average Bonchev–Trinajstić information content (AvgIpc) is 3.62. The summed E-state index contributed by atoms with van der Waals surface area (Å²) < 4.78 is 14.4. The number of fused-ring (bicyclic) bond motifs is 2. The molecule has 0 bridgehead atoms. The van der Waals surface area contributed by atoms with Crippen LogP contribution < -0.4 is 0 Å². The van der Waals surface area contributed by atoms with Gasteiger partial charge >= 0.3 is 0 Å². The van der Waals surface area contributed by atoms with Crippen molar-refractivity contribution in [3.63, 3.8) is 0 Å². The lowest BCUT2D eigenvalue weighted by Crippen LogP contribution is -2.40. The number of H-pyrrole nitrogens is 1. The number of benzene rings is 3. The number of piperidine rings is 1. The number of hydrogen-bond donors (Lipinski definition) is 2. The largest absolute Gasteiger partial charge is 0.508 e. The summed E-state index contributed by atoms with van der Waals surface area (Å²) in [6, 6.07) is 21.5. The number of nitrogens with one attached hydrogen (secondary N) is 1. The highest BCUT2D eigenvalue weighted by atomic mass is 35.5. The summed E-state index contributed by atoms with van der Waals surface area (Å²) in [5.74, 6) is 0.382. The maximum Gasteiger partial charge on any atom is 0.255 e. The summed E-state index contributed by atoms with van der Waals surface area (Å²) in [5, 5.41) is 10.8. The van der Waals surface area contributed by atoms with Crippen LogP contribution in [0.1, 0.15) is 57.0 Å². The van der Waals surface area contributed by atoms with Gasteiger partial charge in [-0.2, -0.15) is 0 Å². The molecule has 0 aliphatic carbocycles. The van der Waals surface area contributed by atoms with Gasteiger partial charge in [0.05, 0.1) is 16.6 Å². The molecule has 42 heavy (non-hydrogen) atoms. The third-order valence-electron chi connectivity index (χ3n) is 8.53. The first-order chi connectivity index (χ1) is 19.9. The van der Waals surface area contributed by atoms with E-state index in [2.05, 4.69) is 41.2 Å². The number of hydrogen-bond acceptors (Lipinski definition) is 5. The van der Waals surface area contributed by atoms with Crippen LogP contribution in [0.5, 0.6) is 5.75 Å². The Morgan fingerprint density at radius 3 is 2.55 bits per heavy atom. The molecule has 0 radical (unpaired) electrons. The number of imidazole rings is 1. The molecule has 4 heterocycles. The van der Waals surface area contributed by atoms with E-state index in [1.807, 2.05) is 30.3 Å². The lowest BCUT2D eigenvalue weighted by atomic mass is 9.89. The van der Waals surface area contributed by atoms with E-state index in [1.54, 1.807) is 16.2 Å². The molecule has 2 aliphatic heterocycles. The maximum atomic E-state index is 14.4. The summed E-state index contributed by atoms with van der Waals surface area (Å²) in [7, 11) is 2.18. The second-order valence-electron chi connectivity index (χ2n) is 11.1. The number of para-hydroxylation sites is 2. The number of aromatic amines is 1. The molecule has 2 aromatic heterocycles. The van der Waals surface area contributed by atoms with Crippen LogP contribution in [-0.4, -0.2) is 57.5 Å². The minimum Gasteiger partial charge on any atom is -0.508 e. The molecule has 1 unspecified atom stereocenters. The van der Waals surface area contributed by atoms with Crippen molar-refractivity contribution in [1.82, 2.24) is 19.8 Å². The van der Waals surface area contributed by atoms with Crippen LogP contribution in [0.2, 0.25) is 0 Å². The highest BCUT2D eigenvalue weighted by molar-refractivity contribution is 7.15. The maximum absolute atomic E-state index is 14.4. The number of amides is 1. The van der Waals surface area contributed by atoms with Gasteiger partial charge in [-0.25, -0.2) is 9.37 Å². The van der Waals surface area contributed by atoms with E-state index < -0.39 is 11.9 Å². The van der Waals surface area contributed by atoms with Gasteiger partial charge in [-0.15, -0.1) is 23.7 Å². The molecular formula is C33H32ClFN4O2S. The Kier molecular flexibility index (Phi) is 7.79. The van der Waals surface area contributed by atoms with Crippen molar-refractivity contribution >= 4 is 40.7 Å². The molecule has 1 fully saturated rings. The van der Waals surface area contributed by atoms with E-state index >= 15 is 0 Å². The standard InChI is InChI=1S/C33H31FN4O2S.ClH/c1-37-15-12-21(13-16-37)20-6-8-22(9-7-20)30-19-25-29(41-30)14-17-38(33(25)40)31(24-18-23(34)10-11-28(24)39)32-35-26-4-2-3-5-27(26)36-32;/h2-11,18-19,21,31,39H,12-17H2,1H3,(H,35,36);1H. The summed E-state index contributed by atoms with van der Waals surface area (Å²) in [6.45, 7) is 2.69. The van der Waals surface area contributed by atoms with Gasteiger partial charge in [-0.05, 0) is 86.4 Å². The van der Waals surface area contributed by atoms with Gasteiger partial charge < -0.3 is 19.9 Å². The lowest BCUT2D eigenvalue weighted by Gasteiger charge is -2.34. The SMILES string of the molecule is CN1CCC(c2ccc(-c3cc4c(s3)CCN(C(c3nc5ccccc5[nH]3)c3cc(F)ccc3O)C4=O)cc2)CC1.Cl. The van der Waals surface area contributed by atoms with Gasteiger partial charge in [0.1, 0.15) is 23.4 Å². The van der Waals surface area contributed by atoms with E-state index in [9.17, 15) is 14.3 Å². The number of phenols is 1. The monoisotopic (exact) mass is 602 g/mol. The molecule has 0 spiro atoms. The first kappa shape index (κ1) is 28.4. The minimum absolute atomic E-state index is 0. The Morgan fingerprint density at radius 2 is 1.79 bits per heavy atom. The van der Waals surface area contributed by atoms with Crippen LogP contribution in [0.4, 0.5) is 4.39 Å². The fourth-order valence-electron chi connectivity index (χ4n) is 6.23. The van der Waals surface area contributed by atoms with Crippen molar-refractivity contribution in [3.8, 4) is 16.2 Å². The zero-order chi connectivity index (χ0) is 28.1. The van der Waals surface area contributed by atoms with Crippen molar-refractivity contribution in [2.75, 3.05) is 26.7 Å². The predicted octanol–water partition coefficient (Wildman–Crippen LogP) is 7.16. The third kappa shape index (κ3) is 5.19. The lowest BCUT2D eigenvalue weighted by molar-refractivity contribution is 0.0683. The Morgan fingerprint density at radius 1 is 1.02 bits per heavy atom. The molecule has 1 saturated heterocycles. The number of halogens is 2. The van der Waals surface area contributed by atoms with Crippen LogP contribution in [0.15, 0.2) is 72.8 Å². The first-order valence-electron chi connectivity index (χ1n) is 14.1. The van der Waals surface area contributed by atoms with Crippen LogP contribution in [-0.2, 0) is 6.42 Å². The Hall–Kier alpha value is -3.72. The van der Waals surface area contributed by atoms with Gasteiger partial charge in [-0.1, -0.05) is 36.4 Å². The smallest absolute Gasteiger partial charge is 0.255 e. The Balaban J connectivity index is 0.00000316. The van der Waals surface area contributed by atoms with Gasteiger partial charge in [0.25, 0.3) is 5.91 Å². The van der Waals surface area contributed by atoms with Gasteiger partial charge in [0, 0.05) is 28.3 Å². The van der Waals surface area contributed by atoms with Crippen LogP contribution in [0.3, 0.4) is 0 Å². The van der Waals surface area contributed by atoms with E-state index in [1.165, 1.54) is 36.6 Å². The molecule has 0 saturated carbocycles. The van der Waals surface area contributed by atoms with Crippen molar-refractivity contribution in [2.24, 2.45) is 0 Å². The number of rotatable bonds is 5. The summed E-state index contributed by atoms with van der Waals surface area (Å²) in [6.07, 6.45) is 3.04. The topological polar surface area (TPSA) is 72.5 Å². The number of carbonyl (C=O) groups is 1. The predicted molar refractivity (Wildman–Crippen MR) is 167 cm³/mol. The number of aromatic hydroxyl groups is 1. The molecule has 7 rings (SSSR count). The van der Waals surface area contributed by atoms with E-state index in [0.717, 1.165) is 39.4 Å². The molecule has 1 amide bonds. The first-order valence-corrected chi connectivity index (χ1v) is 14.9. The molecule has 6 nitrogen and oxygen atoms in total. The van der Waals surface area contributed by atoms with Crippen LogP contribution in [0.25, 0.3) is 21.5 Å². The van der Waals surface area contributed by atoms with Gasteiger partial charge in [0.15, 0.2) is 0 Å². The number of likely N-dealkylation sites (tertiary alicyclic amines) is 1. The zero-order valence-electron chi connectivity index (χ0n) is 23.2. The number of thiophene rings is 1. The van der Waals surface area contributed by atoms with Crippen molar-refractivity contribution in [2.45, 2.75) is 31.2 Å². The van der Waals surface area contributed by atoms with Crippen molar-refractivity contribution in [3.05, 3.63) is 106 Å². The van der Waals surface area contributed by atoms with E-state index in [0.29, 0.717) is 35.8 Å². The van der Waals surface area contributed by atoms with Crippen LogP contribution >= 0.6 is 23.7 Å². The molecule has 1 atom stereocenters. The average molecular weight is 603 g/mol. The molecule has 5 aromatic rings. The summed E-state index contributed by atoms with van der Waals surface area (Å²) in [4.78, 5) is 28.3. The molecule has 3 aromatic carbocycles. The van der Waals surface area contributed by atoms with Crippen LogP contribution in [0, 0.1) is 5.82 Å². The highest BCUT2D eigenvalue weighted by Crippen LogP contribution is 2.41. The quantitative estimate of drug-likeness (QED) is 0.224. The normalized spacial score (nSPS) is 16.8. The molecule has 9 heteroatoms. The minimum atomic E-state index is -0.768. The highest BCUT2D eigenvalue weighted by Gasteiger charge is 2.36. The van der Waals surface area contributed by atoms with E-state index in [-0.39, 0.29) is 24.1 Å². The zero-order valence-corrected chi connectivity index (χ0v) is 24.9. The Bertz CT molecular complexity index is 1710. The van der Waals surface area contributed by atoms with Gasteiger partial charge in [0.2, 0.25) is 0 Å². The summed E-state index contributed by atoms with van der Waals surface area (Å²) >= 11 is 1.66. The van der Waals surface area contributed by atoms with Gasteiger partial charge in [-0.3, -0.25) is 4.79 Å². The second-order valence-corrected chi connectivity index (χ2v) is 12.3. The molecule has 2 N–H and O–H groups in total. The van der Waals surface area contributed by atoms with Crippen molar-refractivity contribution in [1.29, 1.82) is 0 Å². The number of aromatic nitrogens is 2. The fourth-order valence-corrected chi connectivity index (χ4v) is 7.38. The molecule has 2 aliphatic rings. The number of carbonyl (C=O) groups excluding carboxylic acids is 1. The summed E-state index contributed by atoms with van der Waals surface area (Å²) in [5.41, 5.74) is 5.02. The fraction of sp³-hybridized carbons (Fsp3) is 0.273. The second kappa shape index (κ2) is 11.5. The van der Waals surface area contributed by atoms with Crippen molar-refractivity contribution < 1.29 is 14.3 Å². The molecule has 216 valence electrons. The number of nitrogens with zero attached hydrogens (tertiary/aromatic N) is 3. The third-order valence-corrected chi connectivity index (χ3v) is 9.77. The van der Waals surface area contributed by atoms with E-state index in [4.69, 9.17) is 4.98 Å².